The molecule has 0 amide bonds. The number of aromatic nitrogens is 2. The highest BCUT2D eigenvalue weighted by molar-refractivity contribution is 8.93. The highest BCUT2D eigenvalue weighted by Crippen LogP contribution is 2.11. The largest absolute Gasteiger partial charge is 0.399 e. The molecule has 0 aliphatic rings. The van der Waals surface area contributed by atoms with Gasteiger partial charge in [0.15, 0.2) is 0 Å². The number of halogens is 1. The van der Waals surface area contributed by atoms with Crippen molar-refractivity contribution in [2.75, 3.05) is 5.73 Å². The molecule has 0 aliphatic carbocycles. The normalized spacial score (nSPS) is 9.33. The Hall–Kier alpha value is -1.16. The summed E-state index contributed by atoms with van der Waals surface area (Å²) in [6.45, 7) is 0. The molecule has 1 aromatic carbocycles. The lowest BCUT2D eigenvalue weighted by molar-refractivity contribution is 1.29. The number of hydrogen-bond acceptors (Lipinski definition) is 3. The van der Waals surface area contributed by atoms with Gasteiger partial charge in [-0.1, -0.05) is 0 Å². The van der Waals surface area contributed by atoms with Crippen LogP contribution in [0, 0.1) is 0 Å². The summed E-state index contributed by atoms with van der Waals surface area (Å²) in [6, 6.07) is 5.48. The topological polar surface area (TPSA) is 51.8 Å². The monoisotopic (exact) mass is 225 g/mol. The lowest BCUT2D eigenvalue weighted by atomic mass is 10.3. The third-order valence-electron chi connectivity index (χ3n) is 1.49. The molecular weight excluding hydrogens is 218 g/mol. The molecular formula is C8H8BrN3. The number of fused-ring (bicyclic) bond motifs is 1. The van der Waals surface area contributed by atoms with Gasteiger partial charge < -0.3 is 5.73 Å². The van der Waals surface area contributed by atoms with E-state index in [1.54, 1.807) is 12.4 Å². The van der Waals surface area contributed by atoms with E-state index in [2.05, 4.69) is 9.97 Å². The molecule has 0 fully saturated rings. The van der Waals surface area contributed by atoms with Gasteiger partial charge in [-0.3, -0.25) is 9.97 Å². The number of nitrogens with two attached hydrogens (primary N) is 1. The summed E-state index contributed by atoms with van der Waals surface area (Å²) in [5.74, 6) is 0. The maximum Gasteiger partial charge on any atom is 0.0907 e. The molecule has 12 heavy (non-hydrogen) atoms. The van der Waals surface area contributed by atoms with E-state index < -0.39 is 0 Å². The third kappa shape index (κ3) is 1.53. The molecule has 0 atom stereocenters. The van der Waals surface area contributed by atoms with Gasteiger partial charge in [0, 0.05) is 18.1 Å². The second-order valence-corrected chi connectivity index (χ2v) is 2.30. The molecule has 2 rings (SSSR count). The van der Waals surface area contributed by atoms with E-state index in [1.165, 1.54) is 0 Å². The van der Waals surface area contributed by atoms with Crippen molar-refractivity contribution in [3.05, 3.63) is 30.6 Å². The molecule has 1 aromatic heterocycles. The molecule has 2 N–H and O–H groups in total. The van der Waals surface area contributed by atoms with Gasteiger partial charge in [-0.2, -0.15) is 0 Å². The van der Waals surface area contributed by atoms with Gasteiger partial charge in [-0.25, -0.2) is 0 Å². The number of nitrogen functional groups attached to an aromatic ring is 1. The molecule has 4 heteroatoms. The zero-order chi connectivity index (χ0) is 7.68. The van der Waals surface area contributed by atoms with Crippen LogP contribution in [0.5, 0.6) is 0 Å². The van der Waals surface area contributed by atoms with E-state index >= 15 is 0 Å². The summed E-state index contributed by atoms with van der Waals surface area (Å²) in [5.41, 5.74) is 7.99. The highest BCUT2D eigenvalue weighted by Gasteiger charge is 1.92. The third-order valence-corrected chi connectivity index (χ3v) is 1.49. The highest BCUT2D eigenvalue weighted by atomic mass is 79.9. The maximum atomic E-state index is 5.56. The summed E-state index contributed by atoms with van der Waals surface area (Å²) in [7, 11) is 0. The Morgan fingerprint density at radius 3 is 2.42 bits per heavy atom. The van der Waals surface area contributed by atoms with E-state index in [1.807, 2.05) is 18.2 Å². The van der Waals surface area contributed by atoms with Crippen molar-refractivity contribution in [2.24, 2.45) is 0 Å². The van der Waals surface area contributed by atoms with Gasteiger partial charge in [-0.05, 0) is 18.2 Å². The molecule has 0 spiro atoms. The van der Waals surface area contributed by atoms with Crippen molar-refractivity contribution in [1.82, 2.24) is 9.97 Å². The Kier molecular flexibility index (Phi) is 2.60. The predicted octanol–water partition coefficient (Wildman–Crippen LogP) is 1.79. The predicted molar refractivity (Wildman–Crippen MR) is 54.3 cm³/mol. The number of anilines is 1. The van der Waals surface area contributed by atoms with Crippen molar-refractivity contribution in [3.8, 4) is 0 Å². The quantitative estimate of drug-likeness (QED) is 0.696. The second kappa shape index (κ2) is 3.49. The van der Waals surface area contributed by atoms with E-state index in [0.29, 0.717) is 0 Å². The van der Waals surface area contributed by atoms with Gasteiger partial charge in [0.25, 0.3) is 0 Å². The van der Waals surface area contributed by atoms with Crippen LogP contribution in [-0.2, 0) is 0 Å². The molecule has 1 heterocycles. The van der Waals surface area contributed by atoms with Crippen molar-refractivity contribution < 1.29 is 0 Å². The van der Waals surface area contributed by atoms with E-state index in [4.69, 9.17) is 5.73 Å². The molecule has 0 aliphatic heterocycles. The van der Waals surface area contributed by atoms with Crippen LogP contribution in [0.25, 0.3) is 11.0 Å². The average Bonchev–Trinajstić information content (AvgIpc) is 2.04. The van der Waals surface area contributed by atoms with Crippen LogP contribution in [0.1, 0.15) is 0 Å². The molecule has 0 bridgehead atoms. The van der Waals surface area contributed by atoms with Crippen molar-refractivity contribution in [3.63, 3.8) is 0 Å². The van der Waals surface area contributed by atoms with Crippen molar-refractivity contribution in [2.45, 2.75) is 0 Å². The Morgan fingerprint density at radius 1 is 1.00 bits per heavy atom. The Morgan fingerprint density at radius 2 is 1.67 bits per heavy atom. The van der Waals surface area contributed by atoms with Gasteiger partial charge in [0.2, 0.25) is 0 Å². The minimum Gasteiger partial charge on any atom is -0.399 e. The van der Waals surface area contributed by atoms with Gasteiger partial charge in [-0.15, -0.1) is 17.0 Å². The summed E-state index contributed by atoms with van der Waals surface area (Å²) in [6.07, 6.45) is 3.32. The fourth-order valence-corrected chi connectivity index (χ4v) is 0.980. The van der Waals surface area contributed by atoms with Crippen LogP contribution in [0.3, 0.4) is 0 Å². The molecule has 2 aromatic rings. The van der Waals surface area contributed by atoms with Crippen LogP contribution < -0.4 is 5.73 Å². The van der Waals surface area contributed by atoms with Crippen LogP contribution in [0.15, 0.2) is 30.6 Å². The first kappa shape index (κ1) is 8.93. The fraction of sp³-hybridized carbons (Fsp3) is 0. The lowest BCUT2D eigenvalue weighted by Crippen LogP contribution is -1.86. The van der Waals surface area contributed by atoms with Crippen molar-refractivity contribution >= 4 is 33.7 Å². The first-order valence-electron chi connectivity index (χ1n) is 3.32. The molecule has 0 saturated heterocycles. The number of rotatable bonds is 0. The van der Waals surface area contributed by atoms with Gasteiger partial charge >= 0.3 is 0 Å². The minimum atomic E-state index is 0. The maximum absolute atomic E-state index is 5.56. The molecule has 3 nitrogen and oxygen atoms in total. The smallest absolute Gasteiger partial charge is 0.0907 e. The van der Waals surface area contributed by atoms with Gasteiger partial charge in [0.05, 0.1) is 11.0 Å². The average molecular weight is 226 g/mol. The zero-order valence-corrected chi connectivity index (χ0v) is 7.98. The zero-order valence-electron chi connectivity index (χ0n) is 6.27. The second-order valence-electron chi connectivity index (χ2n) is 2.30. The Bertz CT molecular complexity index is 389. The van der Waals surface area contributed by atoms with Crippen LogP contribution in [0.4, 0.5) is 5.69 Å². The summed E-state index contributed by atoms with van der Waals surface area (Å²) >= 11 is 0. The first-order chi connectivity index (χ1) is 5.36. The number of nitrogens with zero attached hydrogens (tertiary/aromatic N) is 2. The summed E-state index contributed by atoms with van der Waals surface area (Å²) in [4.78, 5) is 8.20. The lowest BCUT2D eigenvalue weighted by Gasteiger charge is -1.95. The van der Waals surface area contributed by atoms with Crippen LogP contribution in [-0.4, -0.2) is 9.97 Å². The Labute approximate surface area is 80.4 Å². The first-order valence-corrected chi connectivity index (χ1v) is 3.32. The molecule has 0 radical (unpaired) electrons. The molecule has 62 valence electrons. The fourth-order valence-electron chi connectivity index (χ4n) is 0.980. The standard InChI is InChI=1S/C8H7N3.BrH/c9-6-1-2-7-8(5-6)11-4-3-10-7;/h1-5H,9H2;1H. The Balaban J connectivity index is 0.000000720. The van der Waals surface area contributed by atoms with E-state index in [0.717, 1.165) is 16.7 Å². The number of hydrogen-bond donors (Lipinski definition) is 1. The van der Waals surface area contributed by atoms with Crippen LogP contribution >= 0.6 is 17.0 Å². The van der Waals surface area contributed by atoms with E-state index in [-0.39, 0.29) is 17.0 Å². The van der Waals surface area contributed by atoms with Crippen molar-refractivity contribution in [1.29, 1.82) is 0 Å². The minimum absolute atomic E-state index is 0. The van der Waals surface area contributed by atoms with Gasteiger partial charge in [0.1, 0.15) is 0 Å². The molecule has 0 unspecified atom stereocenters. The summed E-state index contributed by atoms with van der Waals surface area (Å²) in [5, 5.41) is 0. The van der Waals surface area contributed by atoms with E-state index in [9.17, 15) is 0 Å². The molecule has 0 saturated carbocycles. The van der Waals surface area contributed by atoms with Crippen LogP contribution in [0.2, 0.25) is 0 Å². The summed E-state index contributed by atoms with van der Waals surface area (Å²) < 4.78 is 0. The SMILES string of the molecule is Br.Nc1ccc2nccnc2c1. The number of benzene rings is 1.